The van der Waals surface area contributed by atoms with Gasteiger partial charge < -0.3 is 9.69 Å². The van der Waals surface area contributed by atoms with Gasteiger partial charge in [-0.15, -0.1) is 9.24 Å². The fourth-order valence-electron chi connectivity index (χ4n) is 4.91. The molecule has 2 heterocycles. The number of halogens is 5. The van der Waals surface area contributed by atoms with Crippen LogP contribution in [0.25, 0.3) is 0 Å². The van der Waals surface area contributed by atoms with Crippen LogP contribution in [0.3, 0.4) is 0 Å². The van der Waals surface area contributed by atoms with Crippen LogP contribution in [0.2, 0.25) is 12.6 Å². The lowest BCUT2D eigenvalue weighted by atomic mass is 9.42. The molecule has 3 fully saturated rings. The molecule has 1 saturated carbocycles. The summed E-state index contributed by atoms with van der Waals surface area (Å²) in [4.78, 5) is 14.4. The van der Waals surface area contributed by atoms with E-state index in [1.807, 2.05) is 0 Å². The third-order valence-corrected chi connectivity index (χ3v) is 10.1. The van der Waals surface area contributed by atoms with E-state index in [-0.39, 0.29) is 62.7 Å². The topological polar surface area (TPSA) is 54.5 Å². The second-order valence-corrected chi connectivity index (χ2v) is 12.0. The SMILES string of the molecule is O=C(B1CCC(S(=O)(=O)c2ccc(N3CCC(F)(F)CC3)cc2P)C1)C1(C(F)(F)F)CC1. The number of nitrogens with zero attached hydrogens (tertiary/aromatic N) is 1. The first-order chi connectivity index (χ1) is 14.8. The van der Waals surface area contributed by atoms with Gasteiger partial charge in [0, 0.05) is 31.6 Å². The predicted octanol–water partition coefficient (Wildman–Crippen LogP) is 3.91. The predicted molar refractivity (Wildman–Crippen MR) is 116 cm³/mol. The van der Waals surface area contributed by atoms with Crippen LogP contribution in [0, 0.1) is 5.41 Å². The van der Waals surface area contributed by atoms with Gasteiger partial charge in [-0.2, -0.15) is 13.2 Å². The minimum absolute atomic E-state index is 0.0450. The van der Waals surface area contributed by atoms with Crippen LogP contribution in [0.4, 0.5) is 27.6 Å². The molecule has 2 atom stereocenters. The molecule has 32 heavy (non-hydrogen) atoms. The molecule has 3 aliphatic rings. The Hall–Kier alpha value is -1.22. The maximum absolute atomic E-state index is 13.4. The summed E-state index contributed by atoms with van der Waals surface area (Å²) >= 11 is 0. The molecule has 4 nitrogen and oxygen atoms in total. The van der Waals surface area contributed by atoms with Gasteiger partial charge in [0.1, 0.15) is 11.1 Å². The number of sulfone groups is 1. The zero-order valence-electron chi connectivity index (χ0n) is 17.3. The van der Waals surface area contributed by atoms with Crippen LogP contribution in [0.1, 0.15) is 32.1 Å². The molecule has 176 valence electrons. The fraction of sp³-hybridized carbons (Fsp3) is 0.650. The van der Waals surface area contributed by atoms with Gasteiger partial charge in [-0.25, -0.2) is 17.2 Å². The first kappa shape index (κ1) is 23.9. The molecule has 1 aromatic carbocycles. The third-order valence-electron chi connectivity index (χ3n) is 7.12. The Morgan fingerprint density at radius 2 is 1.75 bits per heavy atom. The number of benzene rings is 1. The van der Waals surface area contributed by atoms with E-state index < -0.39 is 45.0 Å². The van der Waals surface area contributed by atoms with Gasteiger partial charge in [-0.3, -0.25) is 0 Å². The van der Waals surface area contributed by atoms with Gasteiger partial charge in [0.25, 0.3) is 5.92 Å². The van der Waals surface area contributed by atoms with Crippen molar-refractivity contribution in [2.24, 2.45) is 5.41 Å². The van der Waals surface area contributed by atoms with Crippen LogP contribution in [-0.2, 0) is 14.6 Å². The molecule has 2 saturated heterocycles. The molecule has 2 unspecified atom stereocenters. The smallest absolute Gasteiger partial charge is 0.371 e. The van der Waals surface area contributed by atoms with Crippen molar-refractivity contribution in [2.45, 2.75) is 67.0 Å². The van der Waals surface area contributed by atoms with Gasteiger partial charge in [0.15, 0.2) is 9.84 Å². The third kappa shape index (κ3) is 4.19. The number of carbonyl (C=O) groups excluding carboxylic acids is 1. The quantitative estimate of drug-likeness (QED) is 0.353. The summed E-state index contributed by atoms with van der Waals surface area (Å²) in [6.07, 6.45) is -5.40. The summed E-state index contributed by atoms with van der Waals surface area (Å²) in [5.74, 6) is -2.69. The largest absolute Gasteiger partial charge is 0.400 e. The van der Waals surface area contributed by atoms with Gasteiger partial charge >= 0.3 is 6.18 Å². The van der Waals surface area contributed by atoms with E-state index in [1.165, 1.54) is 6.07 Å². The van der Waals surface area contributed by atoms with Crippen molar-refractivity contribution in [1.82, 2.24) is 0 Å². The molecule has 0 radical (unpaired) electrons. The van der Waals surface area contributed by atoms with Gasteiger partial charge in [-0.1, -0.05) is 6.32 Å². The fourth-order valence-corrected chi connectivity index (χ4v) is 7.60. The highest BCUT2D eigenvalue weighted by Gasteiger charge is 2.69. The van der Waals surface area contributed by atoms with E-state index in [1.54, 1.807) is 17.0 Å². The second-order valence-electron chi connectivity index (χ2n) is 9.19. The number of rotatable bonds is 5. The normalized spacial score (nSPS) is 25.1. The van der Waals surface area contributed by atoms with Crippen LogP contribution < -0.4 is 10.2 Å². The summed E-state index contributed by atoms with van der Waals surface area (Å²) in [6.45, 7) is -0.575. The van der Waals surface area contributed by atoms with E-state index in [2.05, 4.69) is 9.24 Å². The van der Waals surface area contributed by atoms with E-state index in [0.29, 0.717) is 11.0 Å². The zero-order chi connectivity index (χ0) is 23.5. The molecular weight excluding hydrogens is 471 g/mol. The Balaban J connectivity index is 1.48. The Morgan fingerprint density at radius 1 is 1.12 bits per heavy atom. The molecule has 12 heteroatoms. The second kappa shape index (κ2) is 7.93. The van der Waals surface area contributed by atoms with Crippen LogP contribution >= 0.6 is 9.24 Å². The van der Waals surface area contributed by atoms with Crippen molar-refractivity contribution in [3.05, 3.63) is 18.2 Å². The highest BCUT2D eigenvalue weighted by Crippen LogP contribution is 2.59. The monoisotopic (exact) mass is 495 g/mol. The van der Waals surface area contributed by atoms with Crippen molar-refractivity contribution in [2.75, 3.05) is 18.0 Å². The van der Waals surface area contributed by atoms with Crippen molar-refractivity contribution >= 4 is 42.5 Å². The number of hydrogen-bond donors (Lipinski definition) is 0. The molecule has 0 spiro atoms. The average Bonchev–Trinajstić information content (AvgIpc) is 3.37. The zero-order valence-corrected chi connectivity index (χ0v) is 19.3. The van der Waals surface area contributed by atoms with Crippen molar-refractivity contribution in [1.29, 1.82) is 0 Å². The number of anilines is 1. The van der Waals surface area contributed by atoms with Crippen LogP contribution in [0.5, 0.6) is 0 Å². The summed E-state index contributed by atoms with van der Waals surface area (Å²) in [7, 11) is -1.51. The Kier molecular flexibility index (Phi) is 5.93. The molecule has 0 aromatic heterocycles. The van der Waals surface area contributed by atoms with Crippen molar-refractivity contribution < 1.29 is 35.2 Å². The highest BCUT2D eigenvalue weighted by molar-refractivity contribution is 7.92. The lowest BCUT2D eigenvalue weighted by molar-refractivity contribution is -0.186. The van der Waals surface area contributed by atoms with Crippen LogP contribution in [-0.4, -0.2) is 51.3 Å². The summed E-state index contributed by atoms with van der Waals surface area (Å²) in [6, 6.07) is 4.61. The summed E-state index contributed by atoms with van der Waals surface area (Å²) in [5.41, 5.74) is -2.51. The van der Waals surface area contributed by atoms with E-state index in [9.17, 15) is 35.2 Å². The lowest BCUT2D eigenvalue weighted by Crippen LogP contribution is -2.41. The maximum Gasteiger partial charge on any atom is 0.400 e. The van der Waals surface area contributed by atoms with Crippen molar-refractivity contribution in [3.63, 3.8) is 0 Å². The minimum Gasteiger partial charge on any atom is -0.371 e. The first-order valence-electron chi connectivity index (χ1n) is 10.6. The minimum atomic E-state index is -4.59. The maximum atomic E-state index is 13.4. The average molecular weight is 495 g/mol. The van der Waals surface area contributed by atoms with Gasteiger partial charge in [-0.05, 0) is 49.1 Å². The number of piperidine rings is 1. The Morgan fingerprint density at radius 3 is 2.28 bits per heavy atom. The Labute approximate surface area is 186 Å². The number of hydrogen-bond acceptors (Lipinski definition) is 4. The Bertz CT molecular complexity index is 1020. The summed E-state index contributed by atoms with van der Waals surface area (Å²) < 4.78 is 93.1. The molecular formula is C20H24BF5NO3PS. The van der Waals surface area contributed by atoms with E-state index in [0.717, 1.165) is 0 Å². The molecule has 4 rings (SSSR count). The molecule has 1 aromatic rings. The van der Waals surface area contributed by atoms with E-state index >= 15 is 0 Å². The summed E-state index contributed by atoms with van der Waals surface area (Å²) in [5, 5.41) is -0.539. The number of carbonyl (C=O) groups is 1. The van der Waals surface area contributed by atoms with E-state index in [4.69, 9.17) is 0 Å². The highest BCUT2D eigenvalue weighted by atomic mass is 32.2. The van der Waals surface area contributed by atoms with Gasteiger partial charge in [0.2, 0.25) is 6.71 Å². The molecule has 2 aliphatic heterocycles. The number of alkyl halides is 5. The van der Waals surface area contributed by atoms with Crippen LogP contribution in [0.15, 0.2) is 23.1 Å². The molecule has 1 aliphatic carbocycles. The molecule has 0 bridgehead atoms. The first-order valence-corrected chi connectivity index (χ1v) is 12.8. The van der Waals surface area contributed by atoms with Gasteiger partial charge in [0.05, 0.1) is 10.1 Å². The molecule has 0 N–H and O–H groups in total. The van der Waals surface area contributed by atoms with Crippen molar-refractivity contribution in [3.8, 4) is 0 Å². The lowest BCUT2D eigenvalue weighted by Gasteiger charge is -2.33. The molecule has 0 amide bonds. The standard InChI is InChI=1S/C20H24BF5NO3PS/c22-19(23)6-9-27(10-7-19)13-1-2-16(15(31)11-13)32(29,30)14-3-8-21(12-14)17(28)18(4-5-18)20(24,25)26/h1-2,11,14H,3-10,12,31H2.